The van der Waals surface area contributed by atoms with Gasteiger partial charge in [0.15, 0.2) is 0 Å². The number of carbonyl (C=O) groups excluding carboxylic acids is 1. The van der Waals surface area contributed by atoms with Crippen molar-refractivity contribution in [1.82, 2.24) is 10.3 Å². The van der Waals surface area contributed by atoms with Crippen molar-refractivity contribution in [2.45, 2.75) is 24.7 Å². The Labute approximate surface area is 139 Å². The van der Waals surface area contributed by atoms with Gasteiger partial charge in [0.1, 0.15) is 5.82 Å². The van der Waals surface area contributed by atoms with Crippen molar-refractivity contribution < 1.29 is 9.18 Å². The highest BCUT2D eigenvalue weighted by atomic mass is 19.1. The normalized spacial score (nSPS) is 15.4. The third-order valence-electron chi connectivity index (χ3n) is 4.93. The van der Waals surface area contributed by atoms with Gasteiger partial charge in [-0.15, -0.1) is 0 Å². The van der Waals surface area contributed by atoms with Crippen LogP contribution in [0.4, 0.5) is 4.39 Å². The summed E-state index contributed by atoms with van der Waals surface area (Å²) in [5.74, 6) is -0.173. The molecule has 1 aliphatic rings. The predicted molar refractivity (Wildman–Crippen MR) is 92.3 cm³/mol. The van der Waals surface area contributed by atoms with Gasteiger partial charge in [0.25, 0.3) is 0 Å². The zero-order valence-corrected chi connectivity index (χ0v) is 13.3. The molecule has 0 unspecified atom stereocenters. The molecular formula is C20H19FN2O. The van der Waals surface area contributed by atoms with Crippen molar-refractivity contribution in [3.8, 4) is 0 Å². The number of carbonyl (C=O) groups is 1. The van der Waals surface area contributed by atoms with E-state index in [4.69, 9.17) is 0 Å². The molecule has 0 radical (unpaired) electrons. The lowest BCUT2D eigenvalue weighted by Crippen LogP contribution is -2.35. The van der Waals surface area contributed by atoms with E-state index in [0.717, 1.165) is 29.3 Å². The largest absolute Gasteiger partial charge is 0.361 e. The second-order valence-electron chi connectivity index (χ2n) is 6.43. The van der Waals surface area contributed by atoms with Gasteiger partial charge in [-0.3, -0.25) is 4.79 Å². The Balaban J connectivity index is 1.47. The van der Waals surface area contributed by atoms with Crippen LogP contribution in [0, 0.1) is 5.82 Å². The zero-order chi connectivity index (χ0) is 16.6. The fourth-order valence-corrected chi connectivity index (χ4v) is 3.39. The molecule has 0 bridgehead atoms. The molecule has 1 saturated carbocycles. The molecule has 2 aromatic carbocycles. The third-order valence-corrected chi connectivity index (χ3v) is 4.93. The van der Waals surface area contributed by atoms with Gasteiger partial charge in [0.2, 0.25) is 5.91 Å². The highest BCUT2D eigenvalue weighted by Crippen LogP contribution is 2.50. The molecular weight excluding hydrogens is 303 g/mol. The lowest BCUT2D eigenvalue weighted by molar-refractivity contribution is -0.123. The minimum Gasteiger partial charge on any atom is -0.361 e. The summed E-state index contributed by atoms with van der Waals surface area (Å²) in [5, 5.41) is 4.11. The number of halogens is 1. The molecule has 0 saturated heterocycles. The van der Waals surface area contributed by atoms with Crippen LogP contribution in [0.25, 0.3) is 10.9 Å². The molecule has 3 aromatic rings. The zero-order valence-electron chi connectivity index (χ0n) is 13.3. The summed E-state index contributed by atoms with van der Waals surface area (Å²) in [4.78, 5) is 16.0. The SMILES string of the molecule is O=C(NCCc1ccccc1F)C1(c2c[nH]c3ccccc23)CC1. The molecule has 1 aromatic heterocycles. The fourth-order valence-electron chi connectivity index (χ4n) is 3.39. The molecule has 24 heavy (non-hydrogen) atoms. The highest BCUT2D eigenvalue weighted by Gasteiger charge is 2.52. The quantitative estimate of drug-likeness (QED) is 0.739. The number of aromatic nitrogens is 1. The van der Waals surface area contributed by atoms with Gasteiger partial charge < -0.3 is 10.3 Å². The van der Waals surface area contributed by atoms with Crippen LogP contribution < -0.4 is 5.32 Å². The van der Waals surface area contributed by atoms with Crippen LogP contribution in [-0.4, -0.2) is 17.4 Å². The maximum absolute atomic E-state index is 13.6. The lowest BCUT2D eigenvalue weighted by Gasteiger charge is -2.15. The molecule has 0 atom stereocenters. The smallest absolute Gasteiger partial charge is 0.230 e. The van der Waals surface area contributed by atoms with Crippen LogP contribution in [0.2, 0.25) is 0 Å². The lowest BCUT2D eigenvalue weighted by atomic mass is 9.94. The number of fused-ring (bicyclic) bond motifs is 1. The Morgan fingerprint density at radius 3 is 2.67 bits per heavy atom. The van der Waals surface area contributed by atoms with Gasteiger partial charge in [-0.25, -0.2) is 4.39 Å². The Kier molecular flexibility index (Phi) is 3.60. The summed E-state index contributed by atoms with van der Waals surface area (Å²) < 4.78 is 13.6. The third kappa shape index (κ3) is 2.48. The summed E-state index contributed by atoms with van der Waals surface area (Å²) in [7, 11) is 0. The first kappa shape index (κ1) is 14.9. The average Bonchev–Trinajstić information content (AvgIpc) is 3.29. The first-order chi connectivity index (χ1) is 11.7. The van der Waals surface area contributed by atoms with Gasteiger partial charge in [-0.2, -0.15) is 0 Å². The predicted octanol–water partition coefficient (Wildman–Crippen LogP) is 3.70. The molecule has 2 N–H and O–H groups in total. The van der Waals surface area contributed by atoms with E-state index < -0.39 is 5.41 Å². The fraction of sp³-hybridized carbons (Fsp3) is 0.250. The van der Waals surface area contributed by atoms with E-state index in [-0.39, 0.29) is 11.7 Å². The molecule has 4 rings (SSSR count). The molecule has 122 valence electrons. The van der Waals surface area contributed by atoms with Gasteiger partial charge in [-0.1, -0.05) is 36.4 Å². The van der Waals surface area contributed by atoms with E-state index >= 15 is 0 Å². The minimum atomic E-state index is -0.422. The number of benzene rings is 2. The van der Waals surface area contributed by atoms with E-state index in [1.165, 1.54) is 6.07 Å². The van der Waals surface area contributed by atoms with Crippen LogP contribution in [-0.2, 0) is 16.6 Å². The standard InChI is InChI=1S/C20H19FN2O/c21-17-7-3-1-5-14(17)9-12-22-19(24)20(10-11-20)16-13-23-18-8-4-2-6-15(16)18/h1-8,13,23H,9-12H2,(H,22,24). The summed E-state index contributed by atoms with van der Waals surface area (Å²) in [6, 6.07) is 14.7. The molecule has 1 aliphatic carbocycles. The van der Waals surface area contributed by atoms with Crippen LogP contribution in [0.3, 0.4) is 0 Å². The minimum absolute atomic E-state index is 0.0450. The molecule has 3 nitrogen and oxygen atoms in total. The number of hydrogen-bond donors (Lipinski definition) is 2. The summed E-state index contributed by atoms with van der Waals surface area (Å²) in [6.07, 6.45) is 4.18. The maximum atomic E-state index is 13.6. The molecule has 1 heterocycles. The van der Waals surface area contributed by atoms with Crippen LogP contribution >= 0.6 is 0 Å². The number of H-pyrrole nitrogens is 1. The van der Waals surface area contributed by atoms with E-state index in [2.05, 4.69) is 10.3 Å². The maximum Gasteiger partial charge on any atom is 0.230 e. The van der Waals surface area contributed by atoms with Crippen molar-refractivity contribution >= 4 is 16.8 Å². The second-order valence-corrected chi connectivity index (χ2v) is 6.43. The first-order valence-corrected chi connectivity index (χ1v) is 8.29. The molecule has 0 spiro atoms. The monoisotopic (exact) mass is 322 g/mol. The van der Waals surface area contributed by atoms with Crippen LogP contribution in [0.1, 0.15) is 24.0 Å². The van der Waals surface area contributed by atoms with E-state index in [1.807, 2.05) is 36.5 Å². The Bertz CT molecular complexity index is 895. The van der Waals surface area contributed by atoms with Crippen molar-refractivity contribution in [3.05, 3.63) is 71.7 Å². The van der Waals surface area contributed by atoms with E-state index in [0.29, 0.717) is 18.5 Å². The van der Waals surface area contributed by atoms with Gasteiger partial charge in [-0.05, 0) is 42.5 Å². The number of rotatable bonds is 5. The summed E-state index contributed by atoms with van der Waals surface area (Å²) in [5.41, 5.74) is 2.34. The number of nitrogens with one attached hydrogen (secondary N) is 2. The Morgan fingerprint density at radius 1 is 1.12 bits per heavy atom. The van der Waals surface area contributed by atoms with Gasteiger partial charge in [0.05, 0.1) is 5.41 Å². The van der Waals surface area contributed by atoms with Crippen molar-refractivity contribution in [2.75, 3.05) is 6.54 Å². The average molecular weight is 322 g/mol. The molecule has 0 aliphatic heterocycles. The van der Waals surface area contributed by atoms with Gasteiger partial charge >= 0.3 is 0 Å². The topological polar surface area (TPSA) is 44.9 Å². The summed E-state index contributed by atoms with van der Waals surface area (Å²) in [6.45, 7) is 0.448. The van der Waals surface area contributed by atoms with Crippen molar-refractivity contribution in [2.24, 2.45) is 0 Å². The van der Waals surface area contributed by atoms with E-state index in [1.54, 1.807) is 12.1 Å². The second kappa shape index (κ2) is 5.78. The number of para-hydroxylation sites is 1. The van der Waals surface area contributed by atoms with Crippen molar-refractivity contribution in [3.63, 3.8) is 0 Å². The summed E-state index contributed by atoms with van der Waals surface area (Å²) >= 11 is 0. The Hall–Kier alpha value is -2.62. The first-order valence-electron chi connectivity index (χ1n) is 8.29. The number of hydrogen-bond acceptors (Lipinski definition) is 1. The molecule has 1 amide bonds. The molecule has 4 heteroatoms. The number of amides is 1. The van der Waals surface area contributed by atoms with Crippen molar-refractivity contribution in [1.29, 1.82) is 0 Å². The van der Waals surface area contributed by atoms with Crippen LogP contribution in [0.15, 0.2) is 54.7 Å². The Morgan fingerprint density at radius 2 is 1.88 bits per heavy atom. The number of aromatic amines is 1. The van der Waals surface area contributed by atoms with Gasteiger partial charge in [0, 0.05) is 23.6 Å². The molecule has 1 fully saturated rings. The highest BCUT2D eigenvalue weighted by molar-refractivity contribution is 5.97. The van der Waals surface area contributed by atoms with Crippen LogP contribution in [0.5, 0.6) is 0 Å². The van der Waals surface area contributed by atoms with E-state index in [9.17, 15) is 9.18 Å².